The number of halogens is 1. The first-order valence-corrected chi connectivity index (χ1v) is 12.4. The molecule has 158 valence electrons. The van der Waals surface area contributed by atoms with E-state index in [1.807, 2.05) is 24.3 Å². The van der Waals surface area contributed by atoms with Gasteiger partial charge in [0, 0.05) is 27.0 Å². The van der Waals surface area contributed by atoms with Crippen molar-refractivity contribution in [2.75, 3.05) is 18.0 Å². The molecule has 4 N–H and O–H groups in total. The monoisotopic (exact) mass is 528 g/mol. The Morgan fingerprint density at radius 1 is 1.43 bits per heavy atom. The lowest BCUT2D eigenvalue weighted by Crippen LogP contribution is -2.74. The standard InChI is InChI=1S/C18H17BrN4O4S3/c19-10-3-1-2-4-11(10)30-18(16(26)27)7-23-14(25)13(15(23)29-8-18)22-12(24)5-9-6-28-17(20)21-9/h1-4,6,13,15H,5,7-8H2,(H2,20,21)(H,22,24)(H,26,27)/t13-,15-,18?/m1/s1. The smallest absolute Gasteiger partial charge is 0.322 e. The molecule has 8 nitrogen and oxygen atoms in total. The molecule has 12 heteroatoms. The zero-order chi connectivity index (χ0) is 21.5. The molecule has 2 aliphatic heterocycles. The third-order valence-corrected chi connectivity index (χ3v) is 9.62. The van der Waals surface area contributed by atoms with Crippen LogP contribution in [-0.4, -0.2) is 61.2 Å². The molecule has 1 unspecified atom stereocenters. The average molecular weight is 529 g/mol. The highest BCUT2D eigenvalue weighted by atomic mass is 79.9. The number of amides is 2. The summed E-state index contributed by atoms with van der Waals surface area (Å²) in [5.41, 5.74) is 6.14. The van der Waals surface area contributed by atoms with E-state index in [0.717, 1.165) is 9.37 Å². The predicted molar refractivity (Wildman–Crippen MR) is 120 cm³/mol. The molecule has 1 aromatic heterocycles. The highest BCUT2D eigenvalue weighted by Gasteiger charge is 2.58. The van der Waals surface area contributed by atoms with E-state index in [2.05, 4.69) is 26.2 Å². The Labute approximate surface area is 193 Å². The molecule has 3 heterocycles. The number of carboxylic acids is 1. The normalized spacial score (nSPS) is 25.4. The van der Waals surface area contributed by atoms with Crippen LogP contribution >= 0.6 is 50.8 Å². The summed E-state index contributed by atoms with van der Waals surface area (Å²) in [6.45, 7) is 0.0832. The summed E-state index contributed by atoms with van der Waals surface area (Å²) in [6.07, 6.45) is 0.0474. The van der Waals surface area contributed by atoms with E-state index in [9.17, 15) is 19.5 Å². The van der Waals surface area contributed by atoms with E-state index in [1.54, 1.807) is 5.38 Å². The summed E-state index contributed by atoms with van der Waals surface area (Å²) >= 11 is 7.33. The van der Waals surface area contributed by atoms with Crippen molar-refractivity contribution >= 4 is 73.7 Å². The Morgan fingerprint density at radius 2 is 2.20 bits per heavy atom. The molecule has 0 radical (unpaired) electrons. The maximum Gasteiger partial charge on any atom is 0.322 e. The molecule has 2 aliphatic rings. The molecular weight excluding hydrogens is 512 g/mol. The fraction of sp³-hybridized carbons (Fsp3) is 0.333. The number of thioether (sulfide) groups is 2. The molecule has 2 amide bonds. The maximum absolute atomic E-state index is 12.7. The number of benzene rings is 1. The number of carboxylic acid groups (broad SMARTS) is 1. The summed E-state index contributed by atoms with van der Waals surface area (Å²) in [5.74, 6) is -1.22. The van der Waals surface area contributed by atoms with Crippen LogP contribution in [0.5, 0.6) is 0 Å². The van der Waals surface area contributed by atoms with Gasteiger partial charge in [-0.2, -0.15) is 0 Å². The summed E-state index contributed by atoms with van der Waals surface area (Å²) in [4.78, 5) is 43.5. The number of nitrogens with two attached hydrogens (primary N) is 1. The third-order valence-electron chi connectivity index (χ3n) is 4.81. The van der Waals surface area contributed by atoms with Crippen molar-refractivity contribution < 1.29 is 19.5 Å². The Hall–Kier alpha value is -1.76. The van der Waals surface area contributed by atoms with Gasteiger partial charge in [-0.15, -0.1) is 34.9 Å². The number of carbonyl (C=O) groups excluding carboxylic acids is 2. The molecule has 0 spiro atoms. The largest absolute Gasteiger partial charge is 0.480 e. The van der Waals surface area contributed by atoms with E-state index in [4.69, 9.17) is 5.73 Å². The van der Waals surface area contributed by atoms with E-state index < -0.39 is 16.8 Å². The van der Waals surface area contributed by atoms with Crippen LogP contribution in [0.1, 0.15) is 5.69 Å². The number of anilines is 1. The molecule has 2 aromatic rings. The van der Waals surface area contributed by atoms with Gasteiger partial charge < -0.3 is 21.1 Å². The zero-order valence-electron chi connectivity index (χ0n) is 15.4. The number of fused-ring (bicyclic) bond motifs is 1. The molecule has 1 aromatic carbocycles. The number of nitrogens with one attached hydrogen (secondary N) is 1. The third kappa shape index (κ3) is 4.05. The Bertz CT molecular complexity index is 1020. The number of nitrogen functional groups attached to an aromatic ring is 1. The first-order valence-electron chi connectivity index (χ1n) is 8.87. The lowest BCUT2D eigenvalue weighted by atomic mass is 10.0. The van der Waals surface area contributed by atoms with Crippen molar-refractivity contribution in [3.8, 4) is 0 Å². The van der Waals surface area contributed by atoms with Gasteiger partial charge >= 0.3 is 5.97 Å². The van der Waals surface area contributed by atoms with E-state index >= 15 is 0 Å². The van der Waals surface area contributed by atoms with Crippen LogP contribution in [0.4, 0.5) is 5.13 Å². The van der Waals surface area contributed by atoms with Crippen LogP contribution in [0.15, 0.2) is 39.0 Å². The number of hydrogen-bond acceptors (Lipinski definition) is 8. The minimum atomic E-state index is -1.16. The number of aliphatic carboxylic acids is 1. The number of thiazole rings is 1. The summed E-state index contributed by atoms with van der Waals surface area (Å²) in [7, 11) is 0. The van der Waals surface area contributed by atoms with Crippen molar-refractivity contribution in [1.29, 1.82) is 0 Å². The Kier molecular flexibility index (Phi) is 6.02. The number of hydrogen-bond donors (Lipinski definition) is 3. The molecular formula is C18H17BrN4O4S3. The number of aromatic nitrogens is 1. The van der Waals surface area contributed by atoms with E-state index in [1.165, 1.54) is 39.8 Å². The van der Waals surface area contributed by atoms with Crippen molar-refractivity contribution in [3.63, 3.8) is 0 Å². The second-order valence-corrected chi connectivity index (χ2v) is 11.2. The highest BCUT2D eigenvalue weighted by Crippen LogP contribution is 2.47. The number of rotatable bonds is 6. The van der Waals surface area contributed by atoms with Crippen LogP contribution in [0.2, 0.25) is 0 Å². The topological polar surface area (TPSA) is 126 Å². The van der Waals surface area contributed by atoms with Gasteiger partial charge in [0.1, 0.15) is 16.2 Å². The summed E-state index contributed by atoms with van der Waals surface area (Å²) < 4.78 is -0.348. The van der Waals surface area contributed by atoms with Gasteiger partial charge in [0.2, 0.25) is 11.8 Å². The predicted octanol–water partition coefficient (Wildman–Crippen LogP) is 2.05. The van der Waals surface area contributed by atoms with Gasteiger partial charge in [0.15, 0.2) is 5.13 Å². The molecule has 2 fully saturated rings. The zero-order valence-corrected chi connectivity index (χ0v) is 19.4. The Balaban J connectivity index is 1.42. The second-order valence-electron chi connectivity index (χ2n) is 6.90. The minimum absolute atomic E-state index is 0.0474. The van der Waals surface area contributed by atoms with Crippen LogP contribution < -0.4 is 11.1 Å². The fourth-order valence-electron chi connectivity index (χ4n) is 3.32. The van der Waals surface area contributed by atoms with Gasteiger partial charge in [-0.25, -0.2) is 4.98 Å². The van der Waals surface area contributed by atoms with Crippen LogP contribution in [-0.2, 0) is 20.8 Å². The first-order chi connectivity index (χ1) is 14.3. The van der Waals surface area contributed by atoms with Crippen LogP contribution in [0.25, 0.3) is 0 Å². The van der Waals surface area contributed by atoms with Crippen LogP contribution in [0.3, 0.4) is 0 Å². The van der Waals surface area contributed by atoms with Crippen molar-refractivity contribution in [1.82, 2.24) is 15.2 Å². The van der Waals surface area contributed by atoms with Gasteiger partial charge in [-0.05, 0) is 28.1 Å². The highest BCUT2D eigenvalue weighted by molar-refractivity contribution is 9.10. The molecule has 0 saturated carbocycles. The van der Waals surface area contributed by atoms with Crippen molar-refractivity contribution in [3.05, 3.63) is 39.8 Å². The van der Waals surface area contributed by atoms with E-state index in [-0.39, 0.29) is 30.2 Å². The van der Waals surface area contributed by atoms with Gasteiger partial charge in [-0.3, -0.25) is 14.4 Å². The van der Waals surface area contributed by atoms with Crippen molar-refractivity contribution in [2.45, 2.75) is 27.5 Å². The van der Waals surface area contributed by atoms with Gasteiger partial charge in [0.25, 0.3) is 0 Å². The van der Waals surface area contributed by atoms with Gasteiger partial charge in [-0.1, -0.05) is 12.1 Å². The Morgan fingerprint density at radius 3 is 2.87 bits per heavy atom. The van der Waals surface area contributed by atoms with E-state index in [0.29, 0.717) is 16.6 Å². The number of β-lactam (4-membered cyclic amide) rings is 1. The molecule has 2 saturated heterocycles. The molecule has 0 aliphatic carbocycles. The van der Waals surface area contributed by atoms with Crippen LogP contribution in [0, 0.1) is 0 Å². The lowest BCUT2D eigenvalue weighted by molar-refractivity contribution is -0.152. The molecule has 0 bridgehead atoms. The first kappa shape index (κ1) is 21.5. The maximum atomic E-state index is 12.7. The second kappa shape index (κ2) is 8.40. The summed E-state index contributed by atoms with van der Waals surface area (Å²) in [5, 5.41) is 14.5. The number of nitrogens with zero attached hydrogens (tertiary/aromatic N) is 2. The minimum Gasteiger partial charge on any atom is -0.480 e. The quantitative estimate of drug-likeness (QED) is 0.486. The average Bonchev–Trinajstić information content (AvgIpc) is 3.12. The molecule has 3 atom stereocenters. The lowest BCUT2D eigenvalue weighted by Gasteiger charge is -2.53. The molecule has 30 heavy (non-hydrogen) atoms. The van der Waals surface area contributed by atoms with Gasteiger partial charge in [0.05, 0.1) is 12.1 Å². The van der Waals surface area contributed by atoms with Crippen molar-refractivity contribution in [2.24, 2.45) is 0 Å². The fourth-order valence-corrected chi connectivity index (χ4v) is 7.26. The molecule has 4 rings (SSSR count). The SMILES string of the molecule is Nc1nc(CC(=O)N[C@@H]2C(=O)N3CC(Sc4ccccc4Br)(C(=O)O)CS[C@H]23)cs1. The summed E-state index contributed by atoms with van der Waals surface area (Å²) in [6, 6.07) is 6.76. The number of carbonyl (C=O) groups is 3.